The predicted octanol–water partition coefficient (Wildman–Crippen LogP) is 10.6. The van der Waals surface area contributed by atoms with Gasteiger partial charge in [0.1, 0.15) is 30.5 Å². The first-order valence-electron chi connectivity index (χ1n) is 22.6. The summed E-state index contributed by atoms with van der Waals surface area (Å²) in [6.07, 6.45) is -1.14. The molecule has 1 saturated heterocycles. The molecule has 1 fully saturated rings. The Morgan fingerprint density at radius 1 is 0.400 bits per heavy atom. The van der Waals surface area contributed by atoms with E-state index < -0.39 is 49.0 Å². The van der Waals surface area contributed by atoms with E-state index in [-0.39, 0.29) is 0 Å². The van der Waals surface area contributed by atoms with Crippen LogP contribution in [0.3, 0.4) is 0 Å². The Hall–Kier alpha value is -5.46. The van der Waals surface area contributed by atoms with Crippen molar-refractivity contribution in [2.45, 2.75) is 102 Å². The van der Waals surface area contributed by atoms with Gasteiger partial charge in [0.25, 0.3) is 0 Å². The first kappa shape index (κ1) is 46.1. The quantitative estimate of drug-likeness (QED) is 0.0625. The van der Waals surface area contributed by atoms with Crippen molar-refractivity contribution in [2.24, 2.45) is 0 Å². The zero-order valence-corrected chi connectivity index (χ0v) is 37.1. The third-order valence-corrected chi connectivity index (χ3v) is 11.7. The van der Waals surface area contributed by atoms with Gasteiger partial charge >= 0.3 is 0 Å². The van der Waals surface area contributed by atoms with E-state index in [1.165, 1.54) is 0 Å². The number of methoxy groups -OCH3 is 1. The van der Waals surface area contributed by atoms with Crippen LogP contribution < -0.4 is 0 Å². The molecule has 338 valence electrons. The lowest BCUT2D eigenvalue weighted by Gasteiger charge is -2.46. The lowest BCUT2D eigenvalue weighted by Crippen LogP contribution is -2.60. The third kappa shape index (κ3) is 13.8. The first-order chi connectivity index (χ1) is 32.2. The van der Waals surface area contributed by atoms with Gasteiger partial charge in [-0.3, -0.25) is 0 Å². The molecule has 9 nitrogen and oxygen atoms in total. The van der Waals surface area contributed by atoms with Crippen molar-refractivity contribution in [3.63, 3.8) is 0 Å². The van der Waals surface area contributed by atoms with Crippen molar-refractivity contribution in [1.29, 1.82) is 0 Å². The molecule has 0 radical (unpaired) electrons. The maximum atomic E-state index is 6.90. The molecule has 2 heterocycles. The van der Waals surface area contributed by atoms with Crippen LogP contribution in [0.25, 0.3) is 0 Å². The summed E-state index contributed by atoms with van der Waals surface area (Å²) < 4.78 is 60.2. The molecule has 0 spiro atoms. The van der Waals surface area contributed by atoms with Gasteiger partial charge in [-0.05, 0) is 45.9 Å². The molecule has 0 N–H and O–H groups in total. The Morgan fingerprint density at radius 3 is 1.23 bits per heavy atom. The second kappa shape index (κ2) is 24.7. The Balaban J connectivity index is 1.07. The molecule has 2 aliphatic heterocycles. The predicted molar refractivity (Wildman–Crippen MR) is 249 cm³/mol. The minimum atomic E-state index is -0.737. The normalized spacial score (nSPS) is 23.1. The summed E-state index contributed by atoms with van der Waals surface area (Å²) in [7, 11) is 1.65. The fourth-order valence-electron chi connectivity index (χ4n) is 8.26. The lowest BCUT2D eigenvalue weighted by atomic mass is 9.93. The van der Waals surface area contributed by atoms with Crippen LogP contribution in [0.1, 0.15) is 46.2 Å². The Morgan fingerprint density at radius 2 is 0.785 bits per heavy atom. The first-order valence-corrected chi connectivity index (χ1v) is 22.6. The molecule has 0 aromatic heterocycles. The number of allylic oxidation sites excluding steroid dienone is 1. The van der Waals surface area contributed by atoms with Crippen molar-refractivity contribution < 1.29 is 42.6 Å². The zero-order chi connectivity index (χ0) is 44.3. The number of rotatable bonds is 23. The molecular weight excluding hydrogens is 817 g/mol. The van der Waals surface area contributed by atoms with Crippen LogP contribution in [-0.4, -0.2) is 62.7 Å². The van der Waals surface area contributed by atoms with Gasteiger partial charge in [-0.1, -0.05) is 182 Å². The Kier molecular flexibility index (Phi) is 17.5. The molecule has 2 aliphatic rings. The topological polar surface area (TPSA) is 83.1 Å². The summed E-state index contributed by atoms with van der Waals surface area (Å²) in [4.78, 5) is 0. The molecule has 0 amide bonds. The summed E-state index contributed by atoms with van der Waals surface area (Å²) in [6, 6.07) is 60.9. The largest absolute Gasteiger partial charge is 0.490 e. The summed E-state index contributed by atoms with van der Waals surface area (Å²) in [5, 5.41) is 0. The van der Waals surface area contributed by atoms with Gasteiger partial charge in [0, 0.05) is 13.5 Å². The van der Waals surface area contributed by atoms with Gasteiger partial charge in [0.2, 0.25) is 0 Å². The minimum Gasteiger partial charge on any atom is -0.490 e. The molecule has 6 aromatic rings. The molecule has 65 heavy (non-hydrogen) atoms. The van der Waals surface area contributed by atoms with Crippen molar-refractivity contribution in [3.8, 4) is 0 Å². The van der Waals surface area contributed by atoms with Crippen LogP contribution >= 0.6 is 0 Å². The van der Waals surface area contributed by atoms with E-state index >= 15 is 0 Å². The average molecular weight is 877 g/mol. The fraction of sp³-hybridized carbons (Fsp3) is 0.321. The van der Waals surface area contributed by atoms with Gasteiger partial charge in [-0.15, -0.1) is 0 Å². The summed E-state index contributed by atoms with van der Waals surface area (Å²) in [5.74, 6) is 0.763. The zero-order valence-electron chi connectivity index (χ0n) is 37.1. The molecule has 0 unspecified atom stereocenters. The summed E-state index contributed by atoms with van der Waals surface area (Å²) in [5.41, 5.74) is 6.33. The molecule has 8 rings (SSSR count). The van der Waals surface area contributed by atoms with Crippen LogP contribution in [0.15, 0.2) is 194 Å². The maximum absolute atomic E-state index is 6.90. The SMILES string of the molecule is CO[C@H]1O[C@H](CCC2=C[C@@H](OCc3ccccc3)[C@H](OCc3ccccc3)[C@@H](COCc3ccccc3)O2)[C@H](OCc2ccccc2)[C@H](OCc2ccccc2)[C@H]1OCc1ccccc1. The van der Waals surface area contributed by atoms with E-state index in [2.05, 4.69) is 66.7 Å². The third-order valence-electron chi connectivity index (χ3n) is 11.7. The smallest absolute Gasteiger partial charge is 0.186 e. The fourth-order valence-corrected chi connectivity index (χ4v) is 8.26. The van der Waals surface area contributed by atoms with Gasteiger partial charge < -0.3 is 42.6 Å². The van der Waals surface area contributed by atoms with E-state index in [9.17, 15) is 0 Å². The highest BCUT2D eigenvalue weighted by Crippen LogP contribution is 2.35. The van der Waals surface area contributed by atoms with Crippen molar-refractivity contribution >= 4 is 0 Å². The molecule has 9 heteroatoms. The molecule has 0 bridgehead atoms. The van der Waals surface area contributed by atoms with Crippen LogP contribution in [0.4, 0.5) is 0 Å². The number of benzene rings is 6. The van der Waals surface area contributed by atoms with E-state index in [1.54, 1.807) is 7.11 Å². The number of hydrogen-bond donors (Lipinski definition) is 0. The monoisotopic (exact) mass is 876 g/mol. The molecule has 0 aliphatic carbocycles. The highest BCUT2D eigenvalue weighted by molar-refractivity contribution is 5.19. The highest BCUT2D eigenvalue weighted by atomic mass is 16.7. The van der Waals surface area contributed by atoms with Crippen molar-refractivity contribution in [1.82, 2.24) is 0 Å². The standard InChI is InChI=1S/C56H60O9/c1-57-56-55(63-40-47-30-18-7-19-31-47)54(62-39-46-28-16-6-17-29-46)53(61-38-45-26-14-5-15-27-45)49(65-56)33-32-48-34-50(59-36-43-22-10-3-11-23-43)52(60-37-44-24-12-4-13-25-44)51(64-48)41-58-35-42-20-8-2-9-21-42/h2-31,34,49-56H,32-33,35-41H2,1H3/t49-,50-,51-,52+,53+,54+,55-,56+/m1/s1. The molecular formula is C56H60O9. The van der Waals surface area contributed by atoms with Gasteiger partial charge in [0.05, 0.1) is 58.1 Å². The van der Waals surface area contributed by atoms with Crippen LogP contribution in [0.2, 0.25) is 0 Å². The molecule has 6 aromatic carbocycles. The summed E-state index contributed by atoms with van der Waals surface area (Å²) in [6.45, 7) is 2.59. The Labute approximate surface area is 383 Å². The van der Waals surface area contributed by atoms with E-state index in [0.29, 0.717) is 59.1 Å². The number of ether oxygens (including phenoxy) is 9. The van der Waals surface area contributed by atoms with Gasteiger partial charge in [0.15, 0.2) is 12.4 Å². The van der Waals surface area contributed by atoms with Crippen molar-refractivity contribution in [2.75, 3.05) is 13.7 Å². The minimum absolute atomic E-state index is 0.293. The van der Waals surface area contributed by atoms with E-state index in [1.807, 2.05) is 121 Å². The van der Waals surface area contributed by atoms with Crippen LogP contribution in [-0.2, 0) is 82.3 Å². The van der Waals surface area contributed by atoms with E-state index in [4.69, 9.17) is 42.6 Å². The molecule has 0 saturated carbocycles. The Bertz CT molecular complexity index is 2250. The van der Waals surface area contributed by atoms with Crippen molar-refractivity contribution in [3.05, 3.63) is 227 Å². The second-order valence-corrected chi connectivity index (χ2v) is 16.4. The van der Waals surface area contributed by atoms with Gasteiger partial charge in [-0.25, -0.2) is 0 Å². The maximum Gasteiger partial charge on any atom is 0.186 e. The summed E-state index contributed by atoms with van der Waals surface area (Å²) >= 11 is 0. The van der Waals surface area contributed by atoms with Crippen LogP contribution in [0.5, 0.6) is 0 Å². The van der Waals surface area contributed by atoms with Gasteiger partial charge in [-0.2, -0.15) is 0 Å². The molecule has 8 atom stereocenters. The highest BCUT2D eigenvalue weighted by Gasteiger charge is 2.49. The second-order valence-electron chi connectivity index (χ2n) is 16.4. The van der Waals surface area contributed by atoms with Crippen LogP contribution in [0, 0.1) is 0 Å². The lowest BCUT2D eigenvalue weighted by molar-refractivity contribution is -0.318. The number of hydrogen-bond acceptors (Lipinski definition) is 9. The average Bonchev–Trinajstić information content (AvgIpc) is 3.37. The van der Waals surface area contributed by atoms with E-state index in [0.717, 1.165) is 39.1 Å².